The van der Waals surface area contributed by atoms with E-state index >= 15 is 0 Å². The van der Waals surface area contributed by atoms with Gasteiger partial charge in [0.2, 0.25) is 0 Å². The SMILES string of the molecule is O=c1[nH]c(SCc2nc3ccccc3c(=O)n2-c2cccc(C(F)(F)F)c2)nc2ccccc12. The fourth-order valence-corrected chi connectivity index (χ4v) is 4.42. The lowest BCUT2D eigenvalue weighted by Gasteiger charge is -2.15. The quantitative estimate of drug-likeness (QED) is 0.291. The number of para-hydroxylation sites is 2. The third-order valence-electron chi connectivity index (χ3n) is 5.21. The number of hydrogen-bond donors (Lipinski definition) is 1. The first-order chi connectivity index (χ1) is 16.3. The largest absolute Gasteiger partial charge is 0.416 e. The Balaban J connectivity index is 1.62. The van der Waals surface area contributed by atoms with Gasteiger partial charge in [-0.25, -0.2) is 9.97 Å². The summed E-state index contributed by atoms with van der Waals surface area (Å²) in [6.45, 7) is 0. The van der Waals surface area contributed by atoms with Crippen LogP contribution in [0.4, 0.5) is 13.2 Å². The third kappa shape index (κ3) is 4.08. The summed E-state index contributed by atoms with van der Waals surface area (Å²) < 4.78 is 41.1. The first-order valence-corrected chi connectivity index (χ1v) is 11.1. The summed E-state index contributed by atoms with van der Waals surface area (Å²) in [5.41, 5.74) is -0.685. The standard InChI is InChI=1S/C24H15F3N4O2S/c25-24(26,27)14-6-5-7-15(12-14)31-20(28-19-11-4-2-9-17(19)22(31)33)13-34-23-29-18-10-3-1-8-16(18)21(32)30-23/h1-12H,13H2,(H,29,30,32). The van der Waals surface area contributed by atoms with Crippen molar-refractivity contribution < 1.29 is 13.2 Å². The van der Waals surface area contributed by atoms with Crippen LogP contribution in [0.1, 0.15) is 11.4 Å². The van der Waals surface area contributed by atoms with Crippen molar-refractivity contribution in [3.63, 3.8) is 0 Å². The Morgan fingerprint density at radius 2 is 1.53 bits per heavy atom. The molecule has 0 amide bonds. The van der Waals surface area contributed by atoms with Crippen LogP contribution in [0.25, 0.3) is 27.5 Å². The van der Waals surface area contributed by atoms with Crippen LogP contribution in [-0.2, 0) is 11.9 Å². The lowest BCUT2D eigenvalue weighted by Crippen LogP contribution is -2.24. The molecule has 34 heavy (non-hydrogen) atoms. The summed E-state index contributed by atoms with van der Waals surface area (Å²) in [6.07, 6.45) is -4.56. The molecule has 0 aliphatic carbocycles. The van der Waals surface area contributed by atoms with E-state index in [9.17, 15) is 22.8 Å². The minimum absolute atomic E-state index is 0.0497. The summed E-state index contributed by atoms with van der Waals surface area (Å²) in [4.78, 5) is 37.3. The fourth-order valence-electron chi connectivity index (χ4n) is 3.63. The van der Waals surface area contributed by atoms with Crippen LogP contribution < -0.4 is 11.1 Å². The molecular weight excluding hydrogens is 465 g/mol. The van der Waals surface area contributed by atoms with Crippen molar-refractivity contribution in [3.05, 3.63) is 105 Å². The van der Waals surface area contributed by atoms with Crippen molar-refractivity contribution in [2.24, 2.45) is 0 Å². The smallest absolute Gasteiger partial charge is 0.301 e. The number of benzene rings is 3. The molecule has 0 atom stereocenters. The summed E-state index contributed by atoms with van der Waals surface area (Å²) >= 11 is 1.13. The third-order valence-corrected chi connectivity index (χ3v) is 6.08. The zero-order valence-corrected chi connectivity index (χ0v) is 18.2. The Labute approximate surface area is 194 Å². The number of alkyl halides is 3. The Hall–Kier alpha value is -3.92. The molecule has 2 heterocycles. The summed E-state index contributed by atoms with van der Waals surface area (Å²) in [7, 11) is 0. The number of nitrogens with zero attached hydrogens (tertiary/aromatic N) is 3. The van der Waals surface area contributed by atoms with E-state index in [0.29, 0.717) is 21.6 Å². The average Bonchev–Trinajstić information content (AvgIpc) is 2.82. The zero-order chi connectivity index (χ0) is 23.9. The molecule has 3 aromatic carbocycles. The van der Waals surface area contributed by atoms with Gasteiger partial charge in [-0.3, -0.25) is 14.2 Å². The molecule has 0 aliphatic heterocycles. The second kappa shape index (κ2) is 8.45. The Morgan fingerprint density at radius 1 is 0.853 bits per heavy atom. The van der Waals surface area contributed by atoms with Crippen LogP contribution >= 0.6 is 11.8 Å². The summed E-state index contributed by atoms with van der Waals surface area (Å²) in [5.74, 6) is 0.307. The number of hydrogen-bond acceptors (Lipinski definition) is 5. The molecule has 0 spiro atoms. The number of aromatic nitrogens is 4. The average molecular weight is 480 g/mol. The normalized spacial score (nSPS) is 11.9. The highest BCUT2D eigenvalue weighted by molar-refractivity contribution is 7.98. The highest BCUT2D eigenvalue weighted by Gasteiger charge is 2.31. The molecular formula is C24H15F3N4O2S. The number of fused-ring (bicyclic) bond motifs is 2. The zero-order valence-electron chi connectivity index (χ0n) is 17.3. The monoisotopic (exact) mass is 480 g/mol. The van der Waals surface area contributed by atoms with Gasteiger partial charge in [-0.1, -0.05) is 42.1 Å². The van der Waals surface area contributed by atoms with Crippen molar-refractivity contribution in [1.29, 1.82) is 0 Å². The number of halogens is 3. The van der Waals surface area contributed by atoms with E-state index in [2.05, 4.69) is 15.0 Å². The molecule has 2 aromatic heterocycles. The molecule has 6 nitrogen and oxygen atoms in total. The maximum absolute atomic E-state index is 13.3. The van der Waals surface area contributed by atoms with E-state index in [4.69, 9.17) is 0 Å². The van der Waals surface area contributed by atoms with Gasteiger partial charge in [0.05, 0.1) is 38.8 Å². The molecule has 170 valence electrons. The van der Waals surface area contributed by atoms with Crippen LogP contribution in [0.15, 0.2) is 87.5 Å². The van der Waals surface area contributed by atoms with Crippen molar-refractivity contribution >= 4 is 33.6 Å². The van der Waals surface area contributed by atoms with Gasteiger partial charge in [0.15, 0.2) is 5.16 Å². The van der Waals surface area contributed by atoms with Crippen LogP contribution in [-0.4, -0.2) is 19.5 Å². The van der Waals surface area contributed by atoms with E-state index in [1.165, 1.54) is 16.7 Å². The van der Waals surface area contributed by atoms with Gasteiger partial charge in [0, 0.05) is 0 Å². The Kier molecular flexibility index (Phi) is 5.45. The van der Waals surface area contributed by atoms with Gasteiger partial charge >= 0.3 is 6.18 Å². The van der Waals surface area contributed by atoms with Crippen molar-refractivity contribution in [3.8, 4) is 5.69 Å². The second-order valence-electron chi connectivity index (χ2n) is 7.41. The molecule has 0 unspecified atom stereocenters. The molecule has 10 heteroatoms. The lowest BCUT2D eigenvalue weighted by atomic mass is 10.2. The fraction of sp³-hybridized carbons (Fsp3) is 0.0833. The number of aromatic amines is 1. The minimum Gasteiger partial charge on any atom is -0.301 e. The maximum Gasteiger partial charge on any atom is 0.416 e. The lowest BCUT2D eigenvalue weighted by molar-refractivity contribution is -0.137. The first-order valence-electron chi connectivity index (χ1n) is 10.1. The topological polar surface area (TPSA) is 80.6 Å². The van der Waals surface area contributed by atoms with Crippen LogP contribution in [0.3, 0.4) is 0 Å². The first kappa shape index (κ1) is 21.9. The minimum atomic E-state index is -4.56. The van der Waals surface area contributed by atoms with Gasteiger partial charge < -0.3 is 4.98 Å². The Morgan fingerprint density at radius 3 is 2.26 bits per heavy atom. The number of nitrogens with one attached hydrogen (secondary N) is 1. The van der Waals surface area contributed by atoms with Crippen LogP contribution in [0.5, 0.6) is 0 Å². The molecule has 0 saturated carbocycles. The van der Waals surface area contributed by atoms with Crippen molar-refractivity contribution in [1.82, 2.24) is 19.5 Å². The van der Waals surface area contributed by atoms with Gasteiger partial charge in [0.1, 0.15) is 5.82 Å². The molecule has 1 N–H and O–H groups in total. The van der Waals surface area contributed by atoms with E-state index < -0.39 is 17.3 Å². The van der Waals surface area contributed by atoms with E-state index in [0.717, 1.165) is 23.9 Å². The van der Waals surface area contributed by atoms with Gasteiger partial charge in [-0.15, -0.1) is 0 Å². The molecule has 0 radical (unpaired) electrons. The van der Waals surface area contributed by atoms with Crippen LogP contribution in [0.2, 0.25) is 0 Å². The predicted molar refractivity (Wildman–Crippen MR) is 124 cm³/mol. The van der Waals surface area contributed by atoms with Crippen molar-refractivity contribution in [2.45, 2.75) is 17.1 Å². The van der Waals surface area contributed by atoms with E-state index in [1.54, 1.807) is 48.5 Å². The highest BCUT2D eigenvalue weighted by atomic mass is 32.2. The molecule has 5 aromatic rings. The molecule has 5 rings (SSSR count). The Bertz CT molecular complexity index is 1660. The van der Waals surface area contributed by atoms with Gasteiger partial charge in [-0.05, 0) is 42.5 Å². The van der Waals surface area contributed by atoms with E-state index in [-0.39, 0.29) is 28.2 Å². The summed E-state index contributed by atoms with van der Waals surface area (Å²) in [5, 5.41) is 1.03. The van der Waals surface area contributed by atoms with Gasteiger partial charge in [0.25, 0.3) is 11.1 Å². The molecule has 0 aliphatic rings. The van der Waals surface area contributed by atoms with Gasteiger partial charge in [-0.2, -0.15) is 13.2 Å². The molecule has 0 saturated heterocycles. The number of H-pyrrole nitrogens is 1. The van der Waals surface area contributed by atoms with Crippen molar-refractivity contribution in [2.75, 3.05) is 0 Å². The number of rotatable bonds is 4. The molecule has 0 bridgehead atoms. The predicted octanol–water partition coefficient (Wildman–Crippen LogP) is 4.93. The number of thioether (sulfide) groups is 1. The highest BCUT2D eigenvalue weighted by Crippen LogP contribution is 2.31. The maximum atomic E-state index is 13.3. The second-order valence-corrected chi connectivity index (χ2v) is 8.37. The van der Waals surface area contributed by atoms with Crippen LogP contribution in [0, 0.1) is 0 Å². The van der Waals surface area contributed by atoms with E-state index in [1.807, 2.05) is 0 Å². The summed E-state index contributed by atoms with van der Waals surface area (Å²) in [6, 6.07) is 18.0. The molecule has 0 fully saturated rings.